The number of rotatable bonds is 5. The Kier molecular flexibility index (Phi) is 4.79. The van der Waals surface area contributed by atoms with Gasteiger partial charge in [0.15, 0.2) is 5.76 Å². The predicted molar refractivity (Wildman–Crippen MR) is 104 cm³/mol. The van der Waals surface area contributed by atoms with Crippen LogP contribution in [-0.2, 0) is 0 Å². The van der Waals surface area contributed by atoms with E-state index < -0.39 is 0 Å². The van der Waals surface area contributed by atoms with Crippen molar-refractivity contribution in [3.05, 3.63) is 83.6 Å². The Balaban J connectivity index is 1.50. The van der Waals surface area contributed by atoms with Crippen molar-refractivity contribution in [3.63, 3.8) is 0 Å². The Morgan fingerprint density at radius 3 is 2.39 bits per heavy atom. The number of amides is 1. The van der Waals surface area contributed by atoms with Crippen molar-refractivity contribution in [2.75, 3.05) is 0 Å². The molecule has 0 atom stereocenters. The molecular formula is C21H16N4O3. The third-order valence-corrected chi connectivity index (χ3v) is 4.00. The van der Waals surface area contributed by atoms with E-state index in [1.165, 1.54) is 0 Å². The van der Waals surface area contributed by atoms with Crippen molar-refractivity contribution in [3.8, 4) is 23.1 Å². The molecule has 1 amide bonds. The van der Waals surface area contributed by atoms with Gasteiger partial charge in [-0.1, -0.05) is 48.5 Å². The first-order chi connectivity index (χ1) is 13.7. The lowest BCUT2D eigenvalue weighted by molar-refractivity contribution is 0.0953. The minimum Gasteiger partial charge on any atom is -0.455 e. The van der Waals surface area contributed by atoms with Crippen molar-refractivity contribution in [1.82, 2.24) is 15.6 Å². The lowest BCUT2D eigenvalue weighted by Gasteiger charge is -1.97. The van der Waals surface area contributed by atoms with Crippen molar-refractivity contribution in [1.29, 1.82) is 0 Å². The Labute approximate surface area is 160 Å². The molecule has 0 aliphatic carbocycles. The summed E-state index contributed by atoms with van der Waals surface area (Å²) in [5.74, 6) is 0.950. The zero-order valence-electron chi connectivity index (χ0n) is 15.0. The number of nitrogens with zero attached hydrogens (tertiary/aromatic N) is 3. The lowest BCUT2D eigenvalue weighted by atomic mass is 10.2. The van der Waals surface area contributed by atoms with Crippen LogP contribution in [0.1, 0.15) is 21.7 Å². The molecule has 4 rings (SSSR count). The molecule has 0 spiro atoms. The zero-order chi connectivity index (χ0) is 19.3. The van der Waals surface area contributed by atoms with Gasteiger partial charge in [0.05, 0.1) is 11.8 Å². The van der Waals surface area contributed by atoms with Crippen molar-refractivity contribution >= 4 is 12.1 Å². The van der Waals surface area contributed by atoms with Crippen LogP contribution < -0.4 is 5.43 Å². The van der Waals surface area contributed by atoms with E-state index >= 15 is 0 Å². The first-order valence-electron chi connectivity index (χ1n) is 8.59. The topological polar surface area (TPSA) is 93.5 Å². The molecule has 7 nitrogen and oxygen atoms in total. The maximum atomic E-state index is 12.4. The maximum Gasteiger partial charge on any atom is 0.283 e. The SMILES string of the molecule is Cc1oc(-c2nnc(-c3ccccc3)o2)cc1C(=O)N/N=C/c1ccccc1. The standard InChI is InChI=1S/C21H16N4O3/c1-14-17(19(26)23-22-13-15-8-4-2-5-9-15)12-18(27-14)21-25-24-20(28-21)16-10-6-3-7-11-16/h2-13H,1H3,(H,23,26)/b22-13+. The fourth-order valence-electron chi connectivity index (χ4n) is 2.60. The number of benzene rings is 2. The summed E-state index contributed by atoms with van der Waals surface area (Å²) in [5, 5.41) is 12.0. The molecule has 0 bridgehead atoms. The Bertz CT molecular complexity index is 1120. The van der Waals surface area contributed by atoms with Crippen molar-refractivity contribution in [2.45, 2.75) is 6.92 Å². The molecule has 0 aliphatic rings. The van der Waals surface area contributed by atoms with E-state index in [-0.39, 0.29) is 11.8 Å². The summed E-state index contributed by atoms with van der Waals surface area (Å²) >= 11 is 0. The van der Waals surface area contributed by atoms with E-state index in [1.54, 1.807) is 19.2 Å². The number of hydrogen-bond donors (Lipinski definition) is 1. The Morgan fingerprint density at radius 2 is 1.64 bits per heavy atom. The van der Waals surface area contributed by atoms with Gasteiger partial charge in [0.1, 0.15) is 5.76 Å². The van der Waals surface area contributed by atoms with Gasteiger partial charge in [0, 0.05) is 11.6 Å². The third kappa shape index (κ3) is 3.73. The van der Waals surface area contributed by atoms with E-state index in [1.807, 2.05) is 60.7 Å². The molecule has 2 heterocycles. The quantitative estimate of drug-likeness (QED) is 0.421. The normalized spacial score (nSPS) is 11.0. The molecule has 1 N–H and O–H groups in total. The van der Waals surface area contributed by atoms with Gasteiger partial charge in [0.2, 0.25) is 5.89 Å². The molecule has 0 unspecified atom stereocenters. The first-order valence-corrected chi connectivity index (χ1v) is 8.59. The second-order valence-electron chi connectivity index (χ2n) is 5.97. The van der Waals surface area contributed by atoms with Gasteiger partial charge in [-0.15, -0.1) is 10.2 Å². The van der Waals surface area contributed by atoms with Gasteiger partial charge in [-0.3, -0.25) is 4.79 Å². The number of carbonyl (C=O) groups is 1. The lowest BCUT2D eigenvalue weighted by Crippen LogP contribution is -2.17. The molecule has 138 valence electrons. The van der Waals surface area contributed by atoms with Crippen LogP contribution >= 0.6 is 0 Å². The number of aryl methyl sites for hydroxylation is 1. The number of aromatic nitrogens is 2. The van der Waals surface area contributed by atoms with E-state index in [0.29, 0.717) is 23.0 Å². The third-order valence-electron chi connectivity index (χ3n) is 4.00. The van der Waals surface area contributed by atoms with Gasteiger partial charge >= 0.3 is 0 Å². The summed E-state index contributed by atoms with van der Waals surface area (Å²) in [6, 6.07) is 20.4. The highest BCUT2D eigenvalue weighted by Crippen LogP contribution is 2.27. The largest absolute Gasteiger partial charge is 0.455 e. The van der Waals surface area contributed by atoms with Crippen LogP contribution in [-0.4, -0.2) is 22.3 Å². The summed E-state index contributed by atoms with van der Waals surface area (Å²) < 4.78 is 11.3. The van der Waals surface area contributed by atoms with Crippen LogP contribution in [0.5, 0.6) is 0 Å². The van der Waals surface area contributed by atoms with Gasteiger partial charge in [-0.25, -0.2) is 5.43 Å². The smallest absolute Gasteiger partial charge is 0.283 e. The van der Waals surface area contributed by atoms with E-state index in [2.05, 4.69) is 20.7 Å². The van der Waals surface area contributed by atoms with E-state index in [0.717, 1.165) is 11.1 Å². The molecular weight excluding hydrogens is 356 g/mol. The van der Waals surface area contributed by atoms with E-state index in [9.17, 15) is 4.79 Å². The van der Waals surface area contributed by atoms with Crippen LogP contribution in [0.3, 0.4) is 0 Å². The Hall–Kier alpha value is -4.00. The van der Waals surface area contributed by atoms with E-state index in [4.69, 9.17) is 8.83 Å². The highest BCUT2D eigenvalue weighted by Gasteiger charge is 2.19. The molecule has 2 aromatic heterocycles. The van der Waals surface area contributed by atoms with Crippen LogP contribution in [0.2, 0.25) is 0 Å². The molecule has 28 heavy (non-hydrogen) atoms. The fourth-order valence-corrected chi connectivity index (χ4v) is 2.60. The molecule has 0 saturated heterocycles. The summed E-state index contributed by atoms with van der Waals surface area (Å²) in [6.07, 6.45) is 1.57. The first kappa shape index (κ1) is 17.4. The Morgan fingerprint density at radius 1 is 0.964 bits per heavy atom. The van der Waals surface area contributed by atoms with Gasteiger partial charge in [0.25, 0.3) is 11.8 Å². The summed E-state index contributed by atoms with van der Waals surface area (Å²) in [4.78, 5) is 12.4. The number of hydrogen-bond acceptors (Lipinski definition) is 6. The average Bonchev–Trinajstić information content (AvgIpc) is 3.36. The van der Waals surface area contributed by atoms with Gasteiger partial charge < -0.3 is 8.83 Å². The van der Waals surface area contributed by atoms with Crippen molar-refractivity contribution in [2.24, 2.45) is 5.10 Å². The summed E-state index contributed by atoms with van der Waals surface area (Å²) in [6.45, 7) is 1.69. The highest BCUT2D eigenvalue weighted by molar-refractivity contribution is 5.96. The van der Waals surface area contributed by atoms with Gasteiger partial charge in [-0.05, 0) is 24.6 Å². The highest BCUT2D eigenvalue weighted by atomic mass is 16.4. The summed E-state index contributed by atoms with van der Waals surface area (Å²) in [7, 11) is 0. The second-order valence-corrected chi connectivity index (χ2v) is 5.97. The molecule has 0 saturated carbocycles. The summed E-state index contributed by atoms with van der Waals surface area (Å²) in [5.41, 5.74) is 4.52. The predicted octanol–water partition coefficient (Wildman–Crippen LogP) is 4.07. The molecule has 0 aliphatic heterocycles. The molecule has 7 heteroatoms. The minimum absolute atomic E-state index is 0.203. The molecule has 4 aromatic rings. The molecule has 0 fully saturated rings. The van der Waals surface area contributed by atoms with Crippen LogP contribution in [0, 0.1) is 6.92 Å². The number of nitrogens with one attached hydrogen (secondary N) is 1. The number of furan rings is 1. The number of hydrazone groups is 1. The van der Waals surface area contributed by atoms with Crippen LogP contribution in [0.25, 0.3) is 23.1 Å². The fraction of sp³-hybridized carbons (Fsp3) is 0.0476. The monoisotopic (exact) mass is 372 g/mol. The second kappa shape index (κ2) is 7.71. The zero-order valence-corrected chi connectivity index (χ0v) is 15.0. The van der Waals surface area contributed by atoms with Crippen LogP contribution in [0.4, 0.5) is 0 Å². The van der Waals surface area contributed by atoms with Crippen LogP contribution in [0.15, 0.2) is 80.7 Å². The van der Waals surface area contributed by atoms with Gasteiger partial charge in [-0.2, -0.15) is 5.10 Å². The number of carbonyl (C=O) groups excluding carboxylic acids is 1. The average molecular weight is 372 g/mol. The minimum atomic E-state index is -0.387. The molecule has 0 radical (unpaired) electrons. The molecule has 2 aromatic carbocycles. The van der Waals surface area contributed by atoms with Crippen molar-refractivity contribution < 1.29 is 13.6 Å². The maximum absolute atomic E-state index is 12.4.